The zero-order valence-electron chi connectivity index (χ0n) is 16.4. The Morgan fingerprint density at radius 2 is 1.74 bits per heavy atom. The van der Waals surface area contributed by atoms with E-state index in [0.717, 1.165) is 42.6 Å². The Kier molecular flexibility index (Phi) is 9.08. The molecule has 0 heterocycles. The van der Waals surface area contributed by atoms with E-state index < -0.39 is 11.7 Å². The van der Waals surface area contributed by atoms with Crippen LogP contribution in [0.3, 0.4) is 0 Å². The molecule has 0 bridgehead atoms. The predicted molar refractivity (Wildman–Crippen MR) is 105 cm³/mol. The van der Waals surface area contributed by atoms with Crippen LogP contribution in [0.25, 0.3) is 0 Å². The number of halogens is 3. The van der Waals surface area contributed by atoms with Gasteiger partial charge >= 0.3 is 0 Å². The third-order valence-corrected chi connectivity index (χ3v) is 4.99. The molecular weight excluding hydrogens is 349 g/mol. The molecule has 1 aromatic carbocycles. The summed E-state index contributed by atoms with van der Waals surface area (Å²) in [4.78, 5) is 0. The van der Waals surface area contributed by atoms with Gasteiger partial charge in [-0.15, -0.1) is 0 Å². The molecule has 1 unspecified atom stereocenters. The van der Waals surface area contributed by atoms with E-state index in [2.05, 4.69) is 17.6 Å². The van der Waals surface area contributed by atoms with Crippen LogP contribution in [0.4, 0.5) is 13.2 Å². The van der Waals surface area contributed by atoms with Gasteiger partial charge in [-0.25, -0.2) is 13.2 Å². The van der Waals surface area contributed by atoms with Crippen molar-refractivity contribution in [3.05, 3.63) is 58.4 Å². The van der Waals surface area contributed by atoms with Crippen LogP contribution >= 0.6 is 0 Å². The van der Waals surface area contributed by atoms with Gasteiger partial charge in [0, 0.05) is 19.5 Å². The molecule has 0 saturated heterocycles. The number of allylic oxidation sites excluding steroid dienone is 3. The highest BCUT2D eigenvalue weighted by Crippen LogP contribution is 2.25. The van der Waals surface area contributed by atoms with Crippen LogP contribution in [0, 0.1) is 11.7 Å². The summed E-state index contributed by atoms with van der Waals surface area (Å²) in [6, 6.07) is 5.28. The fraction of sp³-hybridized carbons (Fsp3) is 0.545. The zero-order chi connectivity index (χ0) is 19.6. The first-order chi connectivity index (χ1) is 13.0. The smallest absolute Gasteiger partial charge is 0.154 e. The maximum Gasteiger partial charge on any atom is 0.154 e. The second-order valence-corrected chi connectivity index (χ2v) is 7.25. The third kappa shape index (κ3) is 7.15. The molecule has 2 N–H and O–H groups in total. The van der Waals surface area contributed by atoms with Crippen LogP contribution in [-0.2, 0) is 13.0 Å². The number of rotatable bonds is 11. The first-order valence-electron chi connectivity index (χ1n) is 9.95. The average Bonchev–Trinajstić information content (AvgIpc) is 2.66. The molecule has 0 aromatic heterocycles. The molecular formula is C22H31F3N2. The minimum atomic E-state index is -0.726. The summed E-state index contributed by atoms with van der Waals surface area (Å²) in [5, 5.41) is 6.84. The van der Waals surface area contributed by atoms with Gasteiger partial charge in [-0.1, -0.05) is 38.0 Å². The number of benzene rings is 1. The molecule has 0 saturated carbocycles. The van der Waals surface area contributed by atoms with Crippen molar-refractivity contribution in [2.75, 3.05) is 19.6 Å². The molecule has 150 valence electrons. The Balaban J connectivity index is 1.76. The van der Waals surface area contributed by atoms with Gasteiger partial charge in [0.15, 0.2) is 5.83 Å². The Labute approximate surface area is 160 Å². The van der Waals surface area contributed by atoms with E-state index in [0.29, 0.717) is 31.8 Å². The van der Waals surface area contributed by atoms with Crippen molar-refractivity contribution < 1.29 is 13.2 Å². The molecule has 1 atom stereocenters. The molecule has 27 heavy (non-hydrogen) atoms. The van der Waals surface area contributed by atoms with E-state index in [4.69, 9.17) is 0 Å². The summed E-state index contributed by atoms with van der Waals surface area (Å²) in [5.74, 6) is -1.05. The van der Waals surface area contributed by atoms with Crippen molar-refractivity contribution in [1.82, 2.24) is 10.6 Å². The molecule has 1 aliphatic carbocycles. The van der Waals surface area contributed by atoms with Crippen LogP contribution in [0.5, 0.6) is 0 Å². The summed E-state index contributed by atoms with van der Waals surface area (Å²) in [6.07, 6.45) is 4.93. The number of nitrogens with one attached hydrogen (secondary N) is 2. The number of hydrogen-bond donors (Lipinski definition) is 2. The van der Waals surface area contributed by atoms with Gasteiger partial charge < -0.3 is 10.6 Å². The van der Waals surface area contributed by atoms with Crippen LogP contribution < -0.4 is 10.6 Å². The predicted octanol–water partition coefficient (Wildman–Crippen LogP) is 5.35. The second kappa shape index (κ2) is 11.3. The molecule has 1 aromatic rings. The SMILES string of the molecule is CCCC(CNCC1=CC(F)=C(F)CC1)CNCc1ccc(F)c(CC)c1. The van der Waals surface area contributed by atoms with Gasteiger partial charge in [0.05, 0.1) is 0 Å². The highest BCUT2D eigenvalue weighted by atomic mass is 19.2. The Morgan fingerprint density at radius 1 is 1.00 bits per heavy atom. The van der Waals surface area contributed by atoms with E-state index in [-0.39, 0.29) is 12.2 Å². The van der Waals surface area contributed by atoms with Gasteiger partial charge in [-0.05, 0) is 61.5 Å². The number of aryl methyl sites for hydroxylation is 1. The molecule has 5 heteroatoms. The molecule has 2 rings (SSSR count). The van der Waals surface area contributed by atoms with Crippen molar-refractivity contribution in [3.63, 3.8) is 0 Å². The lowest BCUT2D eigenvalue weighted by molar-refractivity contribution is 0.416. The minimum absolute atomic E-state index is 0.141. The third-order valence-electron chi connectivity index (χ3n) is 4.99. The Bertz CT molecular complexity index is 668. The largest absolute Gasteiger partial charge is 0.313 e. The highest BCUT2D eigenvalue weighted by molar-refractivity contribution is 5.27. The van der Waals surface area contributed by atoms with Crippen molar-refractivity contribution in [1.29, 1.82) is 0 Å². The summed E-state index contributed by atoms with van der Waals surface area (Å²) in [5.41, 5.74) is 2.75. The van der Waals surface area contributed by atoms with E-state index in [1.54, 1.807) is 0 Å². The monoisotopic (exact) mass is 380 g/mol. The van der Waals surface area contributed by atoms with E-state index in [1.807, 2.05) is 19.1 Å². The van der Waals surface area contributed by atoms with Crippen LogP contribution in [-0.4, -0.2) is 19.6 Å². The van der Waals surface area contributed by atoms with Crippen LogP contribution in [0.2, 0.25) is 0 Å². The summed E-state index contributed by atoms with van der Waals surface area (Å²) >= 11 is 0. The maximum absolute atomic E-state index is 13.6. The summed E-state index contributed by atoms with van der Waals surface area (Å²) in [6.45, 7) is 7.12. The fourth-order valence-corrected chi connectivity index (χ4v) is 3.41. The Hall–Kier alpha value is -1.59. The van der Waals surface area contributed by atoms with Crippen molar-refractivity contribution in [3.8, 4) is 0 Å². The highest BCUT2D eigenvalue weighted by Gasteiger charge is 2.14. The number of hydrogen-bond acceptors (Lipinski definition) is 2. The zero-order valence-corrected chi connectivity index (χ0v) is 16.4. The molecule has 0 fully saturated rings. The van der Waals surface area contributed by atoms with Crippen LogP contribution in [0.1, 0.15) is 50.7 Å². The quantitative estimate of drug-likeness (QED) is 0.540. The van der Waals surface area contributed by atoms with E-state index in [1.165, 1.54) is 12.1 Å². The van der Waals surface area contributed by atoms with Crippen molar-refractivity contribution >= 4 is 0 Å². The lowest BCUT2D eigenvalue weighted by atomic mass is 10.0. The van der Waals surface area contributed by atoms with Gasteiger partial charge in [-0.3, -0.25) is 0 Å². The van der Waals surface area contributed by atoms with Crippen molar-refractivity contribution in [2.24, 2.45) is 5.92 Å². The van der Waals surface area contributed by atoms with Crippen LogP contribution in [0.15, 0.2) is 41.5 Å². The molecule has 1 aliphatic rings. The normalized spacial score (nSPS) is 15.8. The van der Waals surface area contributed by atoms with E-state index >= 15 is 0 Å². The average molecular weight is 380 g/mol. The lowest BCUT2D eigenvalue weighted by Gasteiger charge is -2.19. The Morgan fingerprint density at radius 3 is 2.41 bits per heavy atom. The van der Waals surface area contributed by atoms with Gasteiger partial charge in [-0.2, -0.15) is 0 Å². The lowest BCUT2D eigenvalue weighted by Crippen LogP contribution is -2.32. The maximum atomic E-state index is 13.6. The first kappa shape index (κ1) is 21.7. The van der Waals surface area contributed by atoms with Gasteiger partial charge in [0.25, 0.3) is 0 Å². The van der Waals surface area contributed by atoms with Gasteiger partial charge in [0.2, 0.25) is 0 Å². The van der Waals surface area contributed by atoms with E-state index in [9.17, 15) is 13.2 Å². The molecule has 2 nitrogen and oxygen atoms in total. The second-order valence-electron chi connectivity index (χ2n) is 7.25. The minimum Gasteiger partial charge on any atom is -0.313 e. The molecule has 0 radical (unpaired) electrons. The first-order valence-corrected chi connectivity index (χ1v) is 9.95. The molecule has 0 aliphatic heterocycles. The fourth-order valence-electron chi connectivity index (χ4n) is 3.41. The standard InChI is InChI=1S/C22H31F3N2/c1-3-5-18(15-27-13-17-7-9-21(24)22(25)11-17)14-26-12-16-6-8-20(23)19(4-2)10-16/h6,8,10-11,18,26-27H,3-5,7,9,12-15H2,1-2H3. The van der Waals surface area contributed by atoms with Gasteiger partial charge in [0.1, 0.15) is 11.6 Å². The summed E-state index contributed by atoms with van der Waals surface area (Å²) < 4.78 is 39.9. The topological polar surface area (TPSA) is 24.1 Å². The van der Waals surface area contributed by atoms with Crippen molar-refractivity contribution in [2.45, 2.75) is 52.5 Å². The summed E-state index contributed by atoms with van der Waals surface area (Å²) in [7, 11) is 0. The molecule has 0 spiro atoms. The molecule has 0 amide bonds.